The molecule has 1 nitrogen and oxygen atoms in total. The first-order valence-corrected chi connectivity index (χ1v) is 7.14. The summed E-state index contributed by atoms with van der Waals surface area (Å²) in [6, 6.07) is 0.241. The van der Waals surface area contributed by atoms with Crippen molar-refractivity contribution in [2.75, 3.05) is 0 Å². The highest BCUT2D eigenvalue weighted by molar-refractivity contribution is 6.22. The van der Waals surface area contributed by atoms with Crippen LogP contribution in [0.4, 0.5) is 0 Å². The van der Waals surface area contributed by atoms with Gasteiger partial charge in [0.2, 0.25) is 0 Å². The molecular weight excluding hydrogens is 254 g/mol. The van der Waals surface area contributed by atoms with E-state index in [0.29, 0.717) is 0 Å². The van der Waals surface area contributed by atoms with Gasteiger partial charge in [-0.25, -0.2) is 0 Å². The molecule has 0 bridgehead atoms. The lowest BCUT2D eigenvalue weighted by Gasteiger charge is -2.28. The van der Waals surface area contributed by atoms with Gasteiger partial charge in [-0.15, -0.1) is 11.6 Å². The van der Waals surface area contributed by atoms with Crippen LogP contribution in [0.1, 0.15) is 27.7 Å². The first-order chi connectivity index (χ1) is 8.95. The minimum Gasteiger partial charge on any atom is -0.382 e. The van der Waals surface area contributed by atoms with Crippen LogP contribution in [0, 0.1) is 5.92 Å². The summed E-state index contributed by atoms with van der Waals surface area (Å²) < 4.78 is 0. The average molecular weight is 278 g/mol. The highest BCUT2D eigenvalue weighted by Gasteiger charge is 2.24. The van der Waals surface area contributed by atoms with Crippen molar-refractivity contribution in [3.05, 3.63) is 59.9 Å². The third-order valence-electron chi connectivity index (χ3n) is 3.35. The molecule has 1 N–H and O–H groups in total. The van der Waals surface area contributed by atoms with Gasteiger partial charge >= 0.3 is 0 Å². The van der Waals surface area contributed by atoms with Gasteiger partial charge in [-0.1, -0.05) is 54.2 Å². The molecule has 0 heterocycles. The number of halogens is 1. The normalized spacial score (nSPS) is 25.3. The molecule has 19 heavy (non-hydrogen) atoms. The lowest BCUT2D eigenvalue weighted by atomic mass is 9.89. The molecule has 1 rings (SSSR count). The van der Waals surface area contributed by atoms with Crippen LogP contribution in [0.2, 0.25) is 0 Å². The zero-order valence-electron chi connectivity index (χ0n) is 12.3. The van der Waals surface area contributed by atoms with Crippen LogP contribution in [0.3, 0.4) is 0 Å². The number of allylic oxidation sites excluding steroid dienone is 7. The van der Waals surface area contributed by atoms with Crippen LogP contribution in [0.25, 0.3) is 0 Å². The van der Waals surface area contributed by atoms with Crippen molar-refractivity contribution in [3.63, 3.8) is 0 Å². The summed E-state index contributed by atoms with van der Waals surface area (Å²) in [6.45, 7) is 12.5. The highest BCUT2D eigenvalue weighted by atomic mass is 35.5. The zero-order valence-corrected chi connectivity index (χ0v) is 13.0. The average Bonchev–Trinajstić information content (AvgIpc) is 2.35. The third-order valence-corrected chi connectivity index (χ3v) is 3.75. The summed E-state index contributed by atoms with van der Waals surface area (Å²) in [6.07, 6.45) is 12.5. The number of hydrogen-bond acceptors (Lipinski definition) is 1. The molecule has 1 aliphatic rings. The molecule has 3 unspecified atom stereocenters. The molecule has 0 fully saturated rings. The van der Waals surface area contributed by atoms with Crippen molar-refractivity contribution < 1.29 is 0 Å². The van der Waals surface area contributed by atoms with Crippen molar-refractivity contribution in [3.8, 4) is 0 Å². The Morgan fingerprint density at radius 3 is 2.79 bits per heavy atom. The molecule has 104 valence electrons. The second kappa shape index (κ2) is 7.40. The fourth-order valence-electron chi connectivity index (χ4n) is 2.07. The van der Waals surface area contributed by atoms with Crippen LogP contribution < -0.4 is 5.32 Å². The van der Waals surface area contributed by atoms with Crippen LogP contribution in [-0.4, -0.2) is 11.4 Å². The Labute approximate surface area is 122 Å². The predicted molar refractivity (Wildman–Crippen MR) is 86.3 cm³/mol. The Kier molecular flexibility index (Phi) is 6.17. The highest BCUT2D eigenvalue weighted by Crippen LogP contribution is 2.29. The summed E-state index contributed by atoms with van der Waals surface area (Å²) in [5.74, 6) is 0.172. The molecule has 3 atom stereocenters. The van der Waals surface area contributed by atoms with Crippen molar-refractivity contribution >= 4 is 11.6 Å². The summed E-state index contributed by atoms with van der Waals surface area (Å²) in [5.41, 5.74) is 3.49. The van der Waals surface area contributed by atoms with Crippen molar-refractivity contribution in [2.45, 2.75) is 39.1 Å². The topological polar surface area (TPSA) is 12.0 Å². The maximum atomic E-state index is 6.35. The lowest BCUT2D eigenvalue weighted by molar-refractivity contribution is 0.608. The second-order valence-corrected chi connectivity index (χ2v) is 5.57. The van der Waals surface area contributed by atoms with E-state index in [2.05, 4.69) is 57.0 Å². The molecule has 0 radical (unpaired) electrons. The summed E-state index contributed by atoms with van der Waals surface area (Å²) in [7, 11) is 0. The maximum Gasteiger partial charge on any atom is 0.0639 e. The maximum absolute atomic E-state index is 6.35. The van der Waals surface area contributed by atoms with E-state index in [1.807, 2.05) is 19.1 Å². The molecule has 0 aromatic carbocycles. The molecule has 0 amide bonds. The Morgan fingerprint density at radius 2 is 2.21 bits per heavy atom. The Hall–Kier alpha value is -1.21. The largest absolute Gasteiger partial charge is 0.382 e. The molecule has 0 spiro atoms. The van der Waals surface area contributed by atoms with Gasteiger partial charge in [0, 0.05) is 17.7 Å². The number of hydrogen-bond donors (Lipinski definition) is 1. The number of rotatable bonds is 5. The van der Waals surface area contributed by atoms with E-state index in [9.17, 15) is 0 Å². The van der Waals surface area contributed by atoms with Gasteiger partial charge < -0.3 is 5.32 Å². The van der Waals surface area contributed by atoms with Crippen molar-refractivity contribution in [1.82, 2.24) is 5.32 Å². The Balaban J connectivity index is 2.62. The minimum atomic E-state index is -0.0153. The van der Waals surface area contributed by atoms with Gasteiger partial charge in [-0.2, -0.15) is 0 Å². The SMILES string of the molecule is C=C(NC(C)/C=C\C(C)=C/C)C1C(C)=CC=CC1Cl. The summed E-state index contributed by atoms with van der Waals surface area (Å²) >= 11 is 6.35. The van der Waals surface area contributed by atoms with Crippen LogP contribution in [-0.2, 0) is 0 Å². The quantitative estimate of drug-likeness (QED) is 0.565. The van der Waals surface area contributed by atoms with Gasteiger partial charge in [0.1, 0.15) is 0 Å². The van der Waals surface area contributed by atoms with Crippen LogP contribution in [0.15, 0.2) is 59.9 Å². The van der Waals surface area contributed by atoms with Gasteiger partial charge in [0.15, 0.2) is 0 Å². The van der Waals surface area contributed by atoms with Crippen molar-refractivity contribution in [2.24, 2.45) is 5.92 Å². The van der Waals surface area contributed by atoms with E-state index in [-0.39, 0.29) is 17.3 Å². The Bertz CT molecular complexity index is 440. The fraction of sp³-hybridized carbons (Fsp3) is 0.412. The second-order valence-electron chi connectivity index (χ2n) is 5.07. The first kappa shape index (κ1) is 15.8. The molecule has 0 saturated heterocycles. The first-order valence-electron chi connectivity index (χ1n) is 6.71. The number of alkyl halides is 1. The third kappa shape index (κ3) is 4.76. The molecule has 1 aliphatic carbocycles. The van der Waals surface area contributed by atoms with E-state index < -0.39 is 0 Å². The number of nitrogens with one attached hydrogen (secondary N) is 1. The minimum absolute atomic E-state index is 0.0153. The van der Waals surface area contributed by atoms with Crippen LogP contribution >= 0.6 is 11.6 Å². The lowest BCUT2D eigenvalue weighted by Crippen LogP contribution is -2.31. The molecule has 0 aliphatic heterocycles. The summed E-state index contributed by atoms with van der Waals surface area (Å²) in [5, 5.41) is 3.41. The van der Waals surface area contributed by atoms with E-state index in [1.165, 1.54) is 11.1 Å². The van der Waals surface area contributed by atoms with E-state index in [0.717, 1.165) is 5.70 Å². The predicted octanol–water partition coefficient (Wildman–Crippen LogP) is 4.74. The molecular formula is C17H24ClN. The van der Waals surface area contributed by atoms with Crippen LogP contribution in [0.5, 0.6) is 0 Å². The van der Waals surface area contributed by atoms with Gasteiger partial charge in [-0.05, 0) is 27.7 Å². The molecule has 0 aromatic rings. The van der Waals surface area contributed by atoms with E-state index >= 15 is 0 Å². The standard InChI is InChI=1S/C17H24ClN/c1-6-12(2)10-11-14(4)19-15(5)17-13(3)8-7-9-16(17)18/h6-11,14,16-17,19H,5H2,1-4H3/b11-10-,12-6-. The van der Waals surface area contributed by atoms with E-state index in [4.69, 9.17) is 11.6 Å². The fourth-order valence-corrected chi connectivity index (χ4v) is 2.50. The van der Waals surface area contributed by atoms with Gasteiger partial charge in [-0.3, -0.25) is 0 Å². The smallest absolute Gasteiger partial charge is 0.0639 e. The molecule has 0 aromatic heterocycles. The Morgan fingerprint density at radius 1 is 1.53 bits per heavy atom. The van der Waals surface area contributed by atoms with E-state index in [1.54, 1.807) is 0 Å². The van der Waals surface area contributed by atoms with Gasteiger partial charge in [0.05, 0.1) is 5.38 Å². The molecule has 0 saturated carbocycles. The van der Waals surface area contributed by atoms with Crippen molar-refractivity contribution in [1.29, 1.82) is 0 Å². The molecule has 2 heteroatoms. The van der Waals surface area contributed by atoms with Gasteiger partial charge in [0.25, 0.3) is 0 Å². The summed E-state index contributed by atoms with van der Waals surface area (Å²) in [4.78, 5) is 0. The zero-order chi connectivity index (χ0) is 14.4. The monoisotopic (exact) mass is 277 g/mol.